The Morgan fingerprint density at radius 1 is 1.15 bits per heavy atom. The number of benzene rings is 1. The van der Waals surface area contributed by atoms with Crippen LogP contribution in [0.15, 0.2) is 24.3 Å². The molecular formula is C8H4Cl2N2S. The molecule has 0 saturated carbocycles. The fourth-order valence-electron chi connectivity index (χ4n) is 0.943. The van der Waals surface area contributed by atoms with Crippen molar-refractivity contribution in [3.63, 3.8) is 0 Å². The molecule has 0 radical (unpaired) electrons. The Hall–Kier alpha value is -0.640. The van der Waals surface area contributed by atoms with Crippen LogP contribution >= 0.6 is 34.5 Å². The molecule has 1 heterocycles. The minimum Gasteiger partial charge on any atom is -0.137 e. The van der Waals surface area contributed by atoms with Gasteiger partial charge in [0.15, 0.2) is 0 Å². The molecule has 0 saturated heterocycles. The zero-order chi connectivity index (χ0) is 9.26. The molecule has 0 amide bonds. The molecule has 0 unspecified atom stereocenters. The van der Waals surface area contributed by atoms with E-state index in [2.05, 4.69) is 10.2 Å². The van der Waals surface area contributed by atoms with E-state index in [1.54, 1.807) is 0 Å². The van der Waals surface area contributed by atoms with Crippen molar-refractivity contribution >= 4 is 34.5 Å². The third-order valence-corrected chi connectivity index (χ3v) is 2.77. The van der Waals surface area contributed by atoms with Gasteiger partial charge in [0.1, 0.15) is 5.01 Å². The molecular weight excluding hydrogens is 227 g/mol. The van der Waals surface area contributed by atoms with Crippen LogP contribution in [0.3, 0.4) is 0 Å². The van der Waals surface area contributed by atoms with E-state index in [-0.39, 0.29) is 0 Å². The summed E-state index contributed by atoms with van der Waals surface area (Å²) < 4.78 is 0.440. The Morgan fingerprint density at radius 2 is 2.00 bits per heavy atom. The van der Waals surface area contributed by atoms with Crippen molar-refractivity contribution < 1.29 is 0 Å². The summed E-state index contributed by atoms with van der Waals surface area (Å²) in [5, 5.41) is 9.09. The molecule has 1 aromatic heterocycles. The Balaban J connectivity index is 2.46. The third-order valence-electron chi connectivity index (χ3n) is 1.47. The first-order valence-electron chi connectivity index (χ1n) is 3.50. The summed E-state index contributed by atoms with van der Waals surface area (Å²) in [4.78, 5) is 0. The van der Waals surface area contributed by atoms with E-state index in [4.69, 9.17) is 23.2 Å². The lowest BCUT2D eigenvalue weighted by Crippen LogP contribution is -1.75. The van der Waals surface area contributed by atoms with Gasteiger partial charge >= 0.3 is 0 Å². The van der Waals surface area contributed by atoms with Gasteiger partial charge in [-0.1, -0.05) is 35.1 Å². The zero-order valence-corrected chi connectivity index (χ0v) is 8.70. The van der Waals surface area contributed by atoms with E-state index in [0.29, 0.717) is 9.49 Å². The van der Waals surface area contributed by atoms with Crippen LogP contribution in [0.4, 0.5) is 0 Å². The number of nitrogens with zero attached hydrogens (tertiary/aromatic N) is 2. The van der Waals surface area contributed by atoms with Crippen LogP contribution in [0.2, 0.25) is 9.49 Å². The monoisotopic (exact) mass is 230 g/mol. The summed E-state index contributed by atoms with van der Waals surface area (Å²) in [7, 11) is 0. The van der Waals surface area contributed by atoms with E-state index in [0.717, 1.165) is 10.6 Å². The third kappa shape index (κ3) is 1.99. The number of rotatable bonds is 1. The smallest absolute Gasteiger partial charge is 0.137 e. The van der Waals surface area contributed by atoms with E-state index >= 15 is 0 Å². The van der Waals surface area contributed by atoms with Crippen molar-refractivity contribution in [1.29, 1.82) is 0 Å². The topological polar surface area (TPSA) is 25.8 Å². The number of halogens is 2. The molecule has 0 aliphatic heterocycles. The molecule has 2 nitrogen and oxygen atoms in total. The normalized spacial score (nSPS) is 10.3. The molecule has 0 atom stereocenters. The summed E-state index contributed by atoms with van der Waals surface area (Å²) in [6, 6.07) is 7.43. The lowest BCUT2D eigenvalue weighted by Gasteiger charge is -1.94. The van der Waals surface area contributed by atoms with Crippen LogP contribution in [-0.2, 0) is 0 Å². The van der Waals surface area contributed by atoms with Crippen molar-refractivity contribution in [2.75, 3.05) is 0 Å². The lowest BCUT2D eigenvalue weighted by molar-refractivity contribution is 1.10. The Labute approximate surface area is 89.1 Å². The molecule has 0 spiro atoms. The average Bonchev–Trinajstić information content (AvgIpc) is 2.52. The molecule has 0 aliphatic carbocycles. The molecule has 13 heavy (non-hydrogen) atoms. The highest BCUT2D eigenvalue weighted by Gasteiger charge is 2.04. The Bertz CT molecular complexity index is 428. The van der Waals surface area contributed by atoms with Crippen molar-refractivity contribution in [1.82, 2.24) is 10.2 Å². The first kappa shape index (κ1) is 8.94. The van der Waals surface area contributed by atoms with Gasteiger partial charge in [0.2, 0.25) is 4.47 Å². The predicted octanol–water partition coefficient (Wildman–Crippen LogP) is 3.51. The predicted molar refractivity (Wildman–Crippen MR) is 55.4 cm³/mol. The zero-order valence-electron chi connectivity index (χ0n) is 6.37. The van der Waals surface area contributed by atoms with Gasteiger partial charge in [-0.05, 0) is 23.7 Å². The van der Waals surface area contributed by atoms with Gasteiger partial charge in [0.05, 0.1) is 0 Å². The number of aromatic nitrogens is 2. The second kappa shape index (κ2) is 3.62. The van der Waals surface area contributed by atoms with Gasteiger partial charge in [0.25, 0.3) is 0 Å². The molecule has 0 N–H and O–H groups in total. The van der Waals surface area contributed by atoms with E-state index < -0.39 is 0 Å². The van der Waals surface area contributed by atoms with Crippen LogP contribution < -0.4 is 0 Å². The summed E-state index contributed by atoms with van der Waals surface area (Å²) in [5.41, 5.74) is 0.942. The fraction of sp³-hybridized carbons (Fsp3) is 0. The van der Waals surface area contributed by atoms with Gasteiger partial charge in [-0.2, -0.15) is 0 Å². The SMILES string of the molecule is Clc1cccc(-c2nnc(Cl)s2)c1. The van der Waals surface area contributed by atoms with E-state index in [1.807, 2.05) is 24.3 Å². The number of hydrogen-bond acceptors (Lipinski definition) is 3. The summed E-state index contributed by atoms with van der Waals surface area (Å²) in [6.45, 7) is 0. The van der Waals surface area contributed by atoms with Gasteiger partial charge < -0.3 is 0 Å². The van der Waals surface area contributed by atoms with Gasteiger partial charge in [-0.15, -0.1) is 10.2 Å². The molecule has 0 aliphatic rings. The maximum Gasteiger partial charge on any atom is 0.207 e. The molecule has 66 valence electrons. The van der Waals surface area contributed by atoms with E-state index in [1.165, 1.54) is 11.3 Å². The maximum absolute atomic E-state index is 5.83. The first-order valence-corrected chi connectivity index (χ1v) is 5.08. The van der Waals surface area contributed by atoms with Crippen LogP contribution in [0.1, 0.15) is 0 Å². The summed E-state index contributed by atoms with van der Waals surface area (Å²) >= 11 is 12.8. The standard InChI is InChI=1S/C8H4Cl2N2S/c9-6-3-1-2-5(4-6)7-11-12-8(10)13-7/h1-4H. The molecule has 0 bridgehead atoms. The van der Waals surface area contributed by atoms with Crippen molar-refractivity contribution in [3.8, 4) is 10.6 Å². The van der Waals surface area contributed by atoms with Crippen LogP contribution in [0.25, 0.3) is 10.6 Å². The molecule has 1 aromatic carbocycles. The minimum atomic E-state index is 0.440. The Kier molecular flexibility index (Phi) is 2.49. The van der Waals surface area contributed by atoms with Gasteiger partial charge in [-0.25, -0.2) is 0 Å². The highest BCUT2D eigenvalue weighted by Crippen LogP contribution is 2.27. The fourth-order valence-corrected chi connectivity index (χ4v) is 1.96. The van der Waals surface area contributed by atoms with E-state index in [9.17, 15) is 0 Å². The number of hydrogen-bond donors (Lipinski definition) is 0. The quantitative estimate of drug-likeness (QED) is 0.750. The minimum absolute atomic E-state index is 0.440. The highest BCUT2D eigenvalue weighted by atomic mass is 35.5. The van der Waals surface area contributed by atoms with Gasteiger partial charge in [0, 0.05) is 10.6 Å². The van der Waals surface area contributed by atoms with Crippen molar-refractivity contribution in [2.45, 2.75) is 0 Å². The Morgan fingerprint density at radius 3 is 2.62 bits per heavy atom. The maximum atomic E-state index is 5.83. The van der Waals surface area contributed by atoms with Crippen molar-refractivity contribution in [3.05, 3.63) is 33.8 Å². The van der Waals surface area contributed by atoms with Gasteiger partial charge in [-0.3, -0.25) is 0 Å². The van der Waals surface area contributed by atoms with Crippen LogP contribution in [0, 0.1) is 0 Å². The first-order chi connectivity index (χ1) is 6.25. The largest absolute Gasteiger partial charge is 0.207 e. The lowest BCUT2D eigenvalue weighted by atomic mass is 10.2. The highest BCUT2D eigenvalue weighted by molar-refractivity contribution is 7.18. The second-order valence-corrected chi connectivity index (χ2v) is 4.37. The second-order valence-electron chi connectivity index (χ2n) is 2.37. The average molecular weight is 231 g/mol. The van der Waals surface area contributed by atoms with Crippen molar-refractivity contribution in [2.24, 2.45) is 0 Å². The van der Waals surface area contributed by atoms with Crippen LogP contribution in [-0.4, -0.2) is 10.2 Å². The summed E-state index contributed by atoms with van der Waals surface area (Å²) in [5.74, 6) is 0. The van der Waals surface area contributed by atoms with Crippen LogP contribution in [0.5, 0.6) is 0 Å². The summed E-state index contributed by atoms with van der Waals surface area (Å²) in [6.07, 6.45) is 0. The molecule has 5 heteroatoms. The molecule has 2 rings (SSSR count). The molecule has 0 fully saturated rings. The molecule has 2 aromatic rings.